The summed E-state index contributed by atoms with van der Waals surface area (Å²) in [6, 6.07) is 0. The molecule has 1 N–H and O–H groups in total. The minimum Gasteiger partial charge on any atom is -0.315 e. The highest BCUT2D eigenvalue weighted by Crippen LogP contribution is 2.20. The summed E-state index contributed by atoms with van der Waals surface area (Å²) in [6.45, 7) is 10.7. The van der Waals surface area contributed by atoms with Gasteiger partial charge in [0, 0.05) is 19.6 Å². The number of hydrogen-bond acceptors (Lipinski definition) is 5. The standard InChI is InChI=1S/C12H24N4S/c1-5-6-13-7-8-16(4)9-11-12(10(2)3)14-15-17-11/h10,13H,5-9H2,1-4H3. The molecule has 0 aliphatic carbocycles. The lowest BCUT2D eigenvalue weighted by molar-refractivity contribution is 0.326. The highest BCUT2D eigenvalue weighted by atomic mass is 32.1. The van der Waals surface area contributed by atoms with Crippen LogP contribution in [0.15, 0.2) is 0 Å². The maximum absolute atomic E-state index is 4.20. The lowest BCUT2D eigenvalue weighted by Gasteiger charge is -2.16. The molecule has 0 aliphatic heterocycles. The third-order valence-electron chi connectivity index (χ3n) is 2.64. The van der Waals surface area contributed by atoms with Crippen LogP contribution in [0.4, 0.5) is 0 Å². The Labute approximate surface area is 109 Å². The third kappa shape index (κ3) is 5.10. The second-order valence-corrected chi connectivity index (χ2v) is 5.56. The fourth-order valence-electron chi connectivity index (χ4n) is 1.66. The minimum atomic E-state index is 0.468. The predicted molar refractivity (Wildman–Crippen MR) is 73.5 cm³/mol. The van der Waals surface area contributed by atoms with Gasteiger partial charge in [0.15, 0.2) is 0 Å². The normalized spacial score (nSPS) is 11.6. The van der Waals surface area contributed by atoms with E-state index in [-0.39, 0.29) is 0 Å². The summed E-state index contributed by atoms with van der Waals surface area (Å²) in [4.78, 5) is 3.63. The van der Waals surface area contributed by atoms with E-state index >= 15 is 0 Å². The summed E-state index contributed by atoms with van der Waals surface area (Å²) < 4.78 is 4.06. The number of nitrogens with zero attached hydrogens (tertiary/aromatic N) is 3. The molecule has 0 aliphatic rings. The predicted octanol–water partition coefficient (Wildman–Crippen LogP) is 2.09. The maximum atomic E-state index is 4.20. The van der Waals surface area contributed by atoms with Gasteiger partial charge in [-0.05, 0) is 37.5 Å². The van der Waals surface area contributed by atoms with Gasteiger partial charge >= 0.3 is 0 Å². The molecule has 1 aromatic rings. The van der Waals surface area contributed by atoms with Crippen LogP contribution in [0, 0.1) is 0 Å². The quantitative estimate of drug-likeness (QED) is 0.723. The Morgan fingerprint density at radius 1 is 1.35 bits per heavy atom. The van der Waals surface area contributed by atoms with Crippen molar-refractivity contribution in [3.8, 4) is 0 Å². The van der Waals surface area contributed by atoms with E-state index in [4.69, 9.17) is 0 Å². The third-order valence-corrected chi connectivity index (χ3v) is 3.36. The molecule has 0 aromatic carbocycles. The molecule has 5 heteroatoms. The molecular formula is C12H24N4S. The van der Waals surface area contributed by atoms with E-state index in [0.717, 1.165) is 31.9 Å². The largest absolute Gasteiger partial charge is 0.315 e. The molecule has 0 bridgehead atoms. The summed E-state index contributed by atoms with van der Waals surface area (Å²) >= 11 is 1.53. The Hall–Kier alpha value is -0.520. The van der Waals surface area contributed by atoms with Crippen molar-refractivity contribution >= 4 is 11.5 Å². The van der Waals surface area contributed by atoms with Gasteiger partial charge in [0.1, 0.15) is 0 Å². The first-order chi connectivity index (χ1) is 8.15. The molecule has 0 radical (unpaired) electrons. The molecule has 0 atom stereocenters. The van der Waals surface area contributed by atoms with Gasteiger partial charge in [-0.15, -0.1) is 5.10 Å². The van der Waals surface area contributed by atoms with E-state index in [1.807, 2.05) is 0 Å². The molecule has 1 heterocycles. The zero-order valence-electron chi connectivity index (χ0n) is 11.4. The highest BCUT2D eigenvalue weighted by molar-refractivity contribution is 7.05. The molecule has 0 amide bonds. The van der Waals surface area contributed by atoms with E-state index in [1.165, 1.54) is 22.8 Å². The van der Waals surface area contributed by atoms with Crippen molar-refractivity contribution in [1.29, 1.82) is 0 Å². The Morgan fingerprint density at radius 3 is 2.76 bits per heavy atom. The Morgan fingerprint density at radius 2 is 2.12 bits per heavy atom. The van der Waals surface area contributed by atoms with Gasteiger partial charge in [-0.3, -0.25) is 4.90 Å². The SMILES string of the molecule is CCCNCCN(C)Cc1snnc1C(C)C. The van der Waals surface area contributed by atoms with Gasteiger partial charge in [-0.2, -0.15) is 0 Å². The monoisotopic (exact) mass is 256 g/mol. The summed E-state index contributed by atoms with van der Waals surface area (Å²) in [5.74, 6) is 0.468. The van der Waals surface area contributed by atoms with Crippen molar-refractivity contribution in [3.05, 3.63) is 10.6 Å². The average molecular weight is 256 g/mol. The van der Waals surface area contributed by atoms with Crippen LogP contribution >= 0.6 is 11.5 Å². The van der Waals surface area contributed by atoms with E-state index in [2.05, 4.69) is 47.6 Å². The number of rotatable bonds is 8. The fraction of sp³-hybridized carbons (Fsp3) is 0.833. The van der Waals surface area contributed by atoms with Crippen LogP contribution in [-0.4, -0.2) is 41.2 Å². The lowest BCUT2D eigenvalue weighted by atomic mass is 10.1. The second kappa shape index (κ2) is 7.74. The van der Waals surface area contributed by atoms with Gasteiger partial charge in [-0.25, -0.2) is 0 Å². The summed E-state index contributed by atoms with van der Waals surface area (Å²) in [5, 5.41) is 7.62. The first-order valence-electron chi connectivity index (χ1n) is 6.35. The first-order valence-corrected chi connectivity index (χ1v) is 7.12. The number of aromatic nitrogens is 2. The second-order valence-electron chi connectivity index (χ2n) is 4.72. The molecule has 0 unspecified atom stereocenters. The molecule has 0 fully saturated rings. The van der Waals surface area contributed by atoms with Gasteiger partial charge < -0.3 is 5.32 Å². The Balaban J connectivity index is 2.34. The van der Waals surface area contributed by atoms with Crippen LogP contribution in [0.2, 0.25) is 0 Å². The maximum Gasteiger partial charge on any atom is 0.0826 e. The van der Waals surface area contributed by atoms with Crippen molar-refractivity contribution in [2.45, 2.75) is 39.7 Å². The molecule has 4 nitrogen and oxygen atoms in total. The van der Waals surface area contributed by atoms with Gasteiger partial charge in [-0.1, -0.05) is 25.3 Å². The highest BCUT2D eigenvalue weighted by Gasteiger charge is 2.12. The molecule has 1 rings (SSSR count). The van der Waals surface area contributed by atoms with Gasteiger partial charge in [0.05, 0.1) is 10.6 Å². The number of nitrogens with one attached hydrogen (secondary N) is 1. The van der Waals surface area contributed by atoms with E-state index in [0.29, 0.717) is 5.92 Å². The Kier molecular flexibility index (Phi) is 6.62. The molecular weight excluding hydrogens is 232 g/mol. The van der Waals surface area contributed by atoms with Crippen LogP contribution in [0.5, 0.6) is 0 Å². The van der Waals surface area contributed by atoms with Gasteiger partial charge in [0.2, 0.25) is 0 Å². The van der Waals surface area contributed by atoms with Crippen LogP contribution in [0.25, 0.3) is 0 Å². The summed E-state index contributed by atoms with van der Waals surface area (Å²) in [7, 11) is 2.15. The molecule has 0 saturated heterocycles. The van der Waals surface area contributed by atoms with Crippen molar-refractivity contribution < 1.29 is 0 Å². The summed E-state index contributed by atoms with van der Waals surface area (Å²) in [6.07, 6.45) is 1.19. The van der Waals surface area contributed by atoms with Crippen molar-refractivity contribution in [2.75, 3.05) is 26.7 Å². The molecule has 17 heavy (non-hydrogen) atoms. The Bertz CT molecular complexity index is 311. The van der Waals surface area contributed by atoms with Crippen LogP contribution in [0.1, 0.15) is 43.7 Å². The van der Waals surface area contributed by atoms with Crippen LogP contribution in [-0.2, 0) is 6.54 Å². The molecule has 0 spiro atoms. The topological polar surface area (TPSA) is 41.0 Å². The van der Waals surface area contributed by atoms with Gasteiger partial charge in [0.25, 0.3) is 0 Å². The van der Waals surface area contributed by atoms with E-state index in [9.17, 15) is 0 Å². The lowest BCUT2D eigenvalue weighted by Crippen LogP contribution is -2.29. The smallest absolute Gasteiger partial charge is 0.0826 e. The van der Waals surface area contributed by atoms with Crippen LogP contribution < -0.4 is 5.32 Å². The number of hydrogen-bond donors (Lipinski definition) is 1. The summed E-state index contributed by atoms with van der Waals surface area (Å²) in [5.41, 5.74) is 1.16. The van der Waals surface area contributed by atoms with Crippen molar-refractivity contribution in [2.24, 2.45) is 0 Å². The first kappa shape index (κ1) is 14.5. The van der Waals surface area contributed by atoms with Crippen LogP contribution in [0.3, 0.4) is 0 Å². The van der Waals surface area contributed by atoms with E-state index < -0.39 is 0 Å². The molecule has 0 saturated carbocycles. The molecule has 98 valence electrons. The van der Waals surface area contributed by atoms with E-state index in [1.54, 1.807) is 0 Å². The zero-order chi connectivity index (χ0) is 12.7. The van der Waals surface area contributed by atoms with Crippen molar-refractivity contribution in [1.82, 2.24) is 19.8 Å². The fourth-order valence-corrected chi connectivity index (χ4v) is 2.53. The zero-order valence-corrected chi connectivity index (χ0v) is 12.2. The minimum absolute atomic E-state index is 0.468. The number of likely N-dealkylation sites (N-methyl/N-ethyl adjacent to an activating group) is 1. The average Bonchev–Trinajstić information content (AvgIpc) is 2.72. The van der Waals surface area contributed by atoms with Crippen molar-refractivity contribution in [3.63, 3.8) is 0 Å². The molecule has 1 aromatic heterocycles.